The Balaban J connectivity index is 2.19. The second kappa shape index (κ2) is 3.89. The van der Waals surface area contributed by atoms with Crippen LogP contribution >= 0.6 is 11.3 Å². The summed E-state index contributed by atoms with van der Waals surface area (Å²) >= 11 is 1.55. The molecule has 13 heavy (non-hydrogen) atoms. The smallest absolute Gasteiger partial charge is 0.273 e. The number of nitrogens with one attached hydrogen (secondary N) is 1. The Hall–Kier alpha value is -0.870. The first-order chi connectivity index (χ1) is 6.40. The molecule has 0 atom stereocenters. The van der Waals surface area contributed by atoms with E-state index in [1.807, 2.05) is 0 Å². The summed E-state index contributed by atoms with van der Waals surface area (Å²) in [6.45, 7) is 2.00. The first-order valence-electron chi connectivity index (χ1n) is 4.30. The first-order valence-corrected chi connectivity index (χ1v) is 5.18. The Kier molecular flexibility index (Phi) is 2.61. The van der Waals surface area contributed by atoms with Crippen LogP contribution in [-0.4, -0.2) is 25.2 Å². The molecule has 0 saturated carbocycles. The maximum atomic E-state index is 5.05. The van der Waals surface area contributed by atoms with Gasteiger partial charge in [0.2, 0.25) is 0 Å². The molecule has 1 aromatic rings. The lowest BCUT2D eigenvalue weighted by Gasteiger charge is -2.11. The standard InChI is InChI=1S/C9H12N2OS/c1-12-9-11-8(6-13-9)7-2-4-10-5-3-7/h2,6,10H,3-5H2,1H3. The van der Waals surface area contributed by atoms with Gasteiger partial charge in [-0.2, -0.15) is 0 Å². The van der Waals surface area contributed by atoms with Crippen LogP contribution in [0.3, 0.4) is 0 Å². The molecule has 2 rings (SSSR count). The topological polar surface area (TPSA) is 34.1 Å². The number of methoxy groups -OCH3 is 1. The molecule has 2 heterocycles. The molecular weight excluding hydrogens is 184 g/mol. The summed E-state index contributed by atoms with van der Waals surface area (Å²) in [6, 6.07) is 0. The van der Waals surface area contributed by atoms with Crippen molar-refractivity contribution in [3.8, 4) is 5.19 Å². The number of hydrogen-bond donors (Lipinski definition) is 1. The average Bonchev–Trinajstić information content (AvgIpc) is 2.67. The molecule has 0 fully saturated rings. The molecule has 0 amide bonds. The van der Waals surface area contributed by atoms with Gasteiger partial charge in [-0.25, -0.2) is 4.98 Å². The van der Waals surface area contributed by atoms with Crippen LogP contribution < -0.4 is 10.1 Å². The van der Waals surface area contributed by atoms with E-state index in [9.17, 15) is 0 Å². The van der Waals surface area contributed by atoms with Gasteiger partial charge in [0.25, 0.3) is 5.19 Å². The quantitative estimate of drug-likeness (QED) is 0.779. The zero-order valence-electron chi connectivity index (χ0n) is 7.54. The molecule has 0 aromatic carbocycles. The number of nitrogens with zero attached hydrogens (tertiary/aromatic N) is 1. The Bertz CT molecular complexity index is 319. The minimum atomic E-state index is 0.745. The maximum Gasteiger partial charge on any atom is 0.273 e. The molecule has 3 nitrogen and oxygen atoms in total. The second-order valence-electron chi connectivity index (χ2n) is 2.89. The lowest BCUT2D eigenvalue weighted by Crippen LogP contribution is -2.20. The van der Waals surface area contributed by atoms with Crippen LogP contribution in [0.1, 0.15) is 12.1 Å². The van der Waals surface area contributed by atoms with Crippen molar-refractivity contribution >= 4 is 16.9 Å². The molecule has 0 spiro atoms. The van der Waals surface area contributed by atoms with Gasteiger partial charge in [-0.05, 0) is 18.5 Å². The van der Waals surface area contributed by atoms with Gasteiger partial charge in [-0.1, -0.05) is 17.4 Å². The normalized spacial score (nSPS) is 16.8. The predicted molar refractivity (Wildman–Crippen MR) is 54.1 cm³/mol. The third-order valence-electron chi connectivity index (χ3n) is 2.05. The summed E-state index contributed by atoms with van der Waals surface area (Å²) in [6.07, 6.45) is 3.25. The molecule has 1 aliphatic heterocycles. The van der Waals surface area contributed by atoms with Gasteiger partial charge in [0.1, 0.15) is 0 Å². The van der Waals surface area contributed by atoms with Gasteiger partial charge in [0, 0.05) is 11.9 Å². The van der Waals surface area contributed by atoms with E-state index in [-0.39, 0.29) is 0 Å². The summed E-state index contributed by atoms with van der Waals surface area (Å²) in [5.74, 6) is 0. The summed E-state index contributed by atoms with van der Waals surface area (Å²) in [5, 5.41) is 6.07. The number of hydrogen-bond acceptors (Lipinski definition) is 4. The van der Waals surface area contributed by atoms with Crippen LogP contribution in [0.15, 0.2) is 11.5 Å². The Morgan fingerprint density at radius 3 is 3.15 bits per heavy atom. The highest BCUT2D eigenvalue weighted by Gasteiger charge is 2.09. The van der Waals surface area contributed by atoms with E-state index in [1.165, 1.54) is 5.57 Å². The Labute approximate surface area is 81.4 Å². The van der Waals surface area contributed by atoms with Crippen LogP contribution in [0.25, 0.3) is 5.57 Å². The molecule has 0 unspecified atom stereocenters. The lowest BCUT2D eigenvalue weighted by molar-refractivity contribution is 0.411. The van der Waals surface area contributed by atoms with Crippen LogP contribution in [0.4, 0.5) is 0 Å². The van der Waals surface area contributed by atoms with Gasteiger partial charge >= 0.3 is 0 Å². The summed E-state index contributed by atoms with van der Waals surface area (Å²) in [5.41, 5.74) is 2.40. The largest absolute Gasteiger partial charge is 0.473 e. The molecule has 1 aliphatic rings. The van der Waals surface area contributed by atoms with Crippen molar-refractivity contribution in [1.29, 1.82) is 0 Å². The van der Waals surface area contributed by atoms with Crippen LogP contribution in [0.2, 0.25) is 0 Å². The van der Waals surface area contributed by atoms with Crippen LogP contribution in [-0.2, 0) is 0 Å². The van der Waals surface area contributed by atoms with E-state index in [1.54, 1.807) is 18.4 Å². The zero-order chi connectivity index (χ0) is 9.10. The third-order valence-corrected chi connectivity index (χ3v) is 2.85. The fourth-order valence-corrected chi connectivity index (χ4v) is 2.02. The maximum absolute atomic E-state index is 5.05. The highest BCUT2D eigenvalue weighted by atomic mass is 32.1. The van der Waals surface area contributed by atoms with E-state index in [0.29, 0.717) is 0 Å². The van der Waals surface area contributed by atoms with Crippen molar-refractivity contribution in [2.45, 2.75) is 6.42 Å². The van der Waals surface area contributed by atoms with Gasteiger partial charge in [0.05, 0.1) is 12.8 Å². The molecule has 0 saturated heterocycles. The summed E-state index contributed by atoms with van der Waals surface area (Å²) in [4.78, 5) is 4.35. The zero-order valence-corrected chi connectivity index (χ0v) is 8.36. The summed E-state index contributed by atoms with van der Waals surface area (Å²) in [7, 11) is 1.65. The van der Waals surface area contributed by atoms with Gasteiger partial charge in [0.15, 0.2) is 0 Å². The highest BCUT2D eigenvalue weighted by molar-refractivity contribution is 7.11. The predicted octanol–water partition coefficient (Wildman–Crippen LogP) is 1.53. The Morgan fingerprint density at radius 2 is 2.54 bits per heavy atom. The molecule has 0 bridgehead atoms. The monoisotopic (exact) mass is 196 g/mol. The third kappa shape index (κ3) is 1.89. The summed E-state index contributed by atoms with van der Waals surface area (Å²) < 4.78 is 5.05. The minimum Gasteiger partial charge on any atom is -0.473 e. The van der Waals surface area contributed by atoms with Crippen molar-refractivity contribution in [2.24, 2.45) is 0 Å². The fraction of sp³-hybridized carbons (Fsp3) is 0.444. The highest BCUT2D eigenvalue weighted by Crippen LogP contribution is 2.25. The van der Waals surface area contributed by atoms with Gasteiger partial charge in [-0.3, -0.25) is 0 Å². The van der Waals surface area contributed by atoms with Crippen molar-refractivity contribution in [1.82, 2.24) is 10.3 Å². The van der Waals surface area contributed by atoms with Crippen LogP contribution in [0, 0.1) is 0 Å². The van der Waals surface area contributed by atoms with Crippen molar-refractivity contribution in [3.05, 3.63) is 17.2 Å². The molecule has 1 aromatic heterocycles. The van der Waals surface area contributed by atoms with E-state index >= 15 is 0 Å². The average molecular weight is 196 g/mol. The van der Waals surface area contributed by atoms with E-state index < -0.39 is 0 Å². The molecule has 0 radical (unpaired) electrons. The van der Waals surface area contributed by atoms with E-state index in [0.717, 1.165) is 30.4 Å². The number of ether oxygens (including phenoxy) is 1. The first kappa shape index (κ1) is 8.72. The van der Waals surface area contributed by atoms with Crippen molar-refractivity contribution in [3.63, 3.8) is 0 Å². The fourth-order valence-electron chi connectivity index (χ4n) is 1.35. The van der Waals surface area contributed by atoms with E-state index in [4.69, 9.17) is 4.74 Å². The van der Waals surface area contributed by atoms with Gasteiger partial charge < -0.3 is 10.1 Å². The molecule has 1 N–H and O–H groups in total. The van der Waals surface area contributed by atoms with Crippen LogP contribution in [0.5, 0.6) is 5.19 Å². The molecule has 0 aliphatic carbocycles. The minimum absolute atomic E-state index is 0.745. The molecule has 4 heteroatoms. The number of thiazole rings is 1. The van der Waals surface area contributed by atoms with E-state index in [2.05, 4.69) is 21.8 Å². The van der Waals surface area contributed by atoms with Gasteiger partial charge in [-0.15, -0.1) is 0 Å². The number of aromatic nitrogens is 1. The number of rotatable bonds is 2. The molecule has 70 valence electrons. The second-order valence-corrected chi connectivity index (χ2v) is 3.71. The molecular formula is C9H12N2OS. The lowest BCUT2D eigenvalue weighted by atomic mass is 10.1. The Morgan fingerprint density at radius 1 is 1.62 bits per heavy atom. The SMILES string of the molecule is COc1nc(C2=CCNCC2)cs1. The van der Waals surface area contributed by atoms with Crippen molar-refractivity contribution < 1.29 is 4.74 Å². The van der Waals surface area contributed by atoms with Crippen molar-refractivity contribution in [2.75, 3.05) is 20.2 Å².